The fourth-order valence-electron chi connectivity index (χ4n) is 3.34. The minimum atomic E-state index is -0.340. The molecule has 1 saturated heterocycles. The molecule has 3 heterocycles. The fraction of sp³-hybridized carbons (Fsp3) is 0.286. The number of rotatable bonds is 6. The number of nitrogens with zero attached hydrogens (tertiary/aromatic N) is 5. The Balaban J connectivity index is 1.40. The highest BCUT2D eigenvalue weighted by molar-refractivity contribution is 5.92. The van der Waals surface area contributed by atoms with Gasteiger partial charge in [0.1, 0.15) is 23.7 Å². The van der Waals surface area contributed by atoms with Gasteiger partial charge < -0.3 is 10.2 Å². The van der Waals surface area contributed by atoms with Crippen molar-refractivity contribution in [3.8, 4) is 11.3 Å². The van der Waals surface area contributed by atoms with Gasteiger partial charge in [0.2, 0.25) is 0 Å². The van der Waals surface area contributed by atoms with E-state index in [0.29, 0.717) is 11.3 Å². The van der Waals surface area contributed by atoms with Gasteiger partial charge in [-0.15, -0.1) is 0 Å². The van der Waals surface area contributed by atoms with Crippen LogP contribution in [-0.4, -0.2) is 45.3 Å². The SMILES string of the molecule is O=C(NCCn1nc(-c2ccc(F)cc2)ccc1=O)c1cc(N2CCCC2)ncn1. The molecule has 1 aromatic carbocycles. The Kier molecular flexibility index (Phi) is 5.78. The topological polar surface area (TPSA) is 93.0 Å². The summed E-state index contributed by atoms with van der Waals surface area (Å²) in [6, 6.07) is 10.5. The lowest BCUT2D eigenvalue weighted by Gasteiger charge is -2.16. The Morgan fingerprint density at radius 1 is 1.07 bits per heavy atom. The van der Waals surface area contributed by atoms with Crippen molar-refractivity contribution in [1.29, 1.82) is 0 Å². The summed E-state index contributed by atoms with van der Waals surface area (Å²) in [4.78, 5) is 35.0. The molecule has 8 nitrogen and oxygen atoms in total. The first-order chi connectivity index (χ1) is 14.6. The molecule has 0 bridgehead atoms. The smallest absolute Gasteiger partial charge is 0.270 e. The van der Waals surface area contributed by atoms with Crippen LogP contribution >= 0.6 is 0 Å². The van der Waals surface area contributed by atoms with Crippen molar-refractivity contribution < 1.29 is 9.18 Å². The Hall–Kier alpha value is -3.62. The molecule has 154 valence electrons. The van der Waals surface area contributed by atoms with Crippen molar-refractivity contribution in [2.24, 2.45) is 0 Å². The van der Waals surface area contributed by atoms with E-state index in [-0.39, 0.29) is 36.1 Å². The highest BCUT2D eigenvalue weighted by Crippen LogP contribution is 2.17. The number of nitrogens with one attached hydrogen (secondary N) is 1. The lowest BCUT2D eigenvalue weighted by atomic mass is 10.1. The summed E-state index contributed by atoms with van der Waals surface area (Å²) in [7, 11) is 0. The summed E-state index contributed by atoms with van der Waals surface area (Å²) >= 11 is 0. The second kappa shape index (κ2) is 8.81. The number of carbonyl (C=O) groups excluding carboxylic acids is 1. The Labute approximate surface area is 172 Å². The van der Waals surface area contributed by atoms with Crippen LogP contribution in [0.15, 0.2) is 53.6 Å². The Morgan fingerprint density at radius 3 is 2.60 bits per heavy atom. The molecule has 1 aliphatic rings. The molecule has 0 unspecified atom stereocenters. The average Bonchev–Trinajstić information content (AvgIpc) is 3.31. The number of aromatic nitrogens is 4. The molecule has 0 radical (unpaired) electrons. The minimum Gasteiger partial charge on any atom is -0.357 e. The van der Waals surface area contributed by atoms with E-state index >= 15 is 0 Å². The monoisotopic (exact) mass is 408 g/mol. The lowest BCUT2D eigenvalue weighted by molar-refractivity contribution is 0.0946. The third-order valence-electron chi connectivity index (χ3n) is 4.93. The van der Waals surface area contributed by atoms with Crippen LogP contribution in [-0.2, 0) is 6.54 Å². The van der Waals surface area contributed by atoms with Gasteiger partial charge in [0.25, 0.3) is 11.5 Å². The van der Waals surface area contributed by atoms with Gasteiger partial charge in [0, 0.05) is 37.3 Å². The molecule has 4 rings (SSSR count). The van der Waals surface area contributed by atoms with Crippen LogP contribution in [0.2, 0.25) is 0 Å². The van der Waals surface area contributed by atoms with Crippen LogP contribution in [0.1, 0.15) is 23.3 Å². The van der Waals surface area contributed by atoms with Crippen LogP contribution < -0.4 is 15.8 Å². The zero-order valence-corrected chi connectivity index (χ0v) is 16.3. The molecule has 0 atom stereocenters. The molecule has 0 aliphatic carbocycles. The van der Waals surface area contributed by atoms with Crippen molar-refractivity contribution in [2.75, 3.05) is 24.5 Å². The first-order valence-electron chi connectivity index (χ1n) is 9.79. The second-order valence-corrected chi connectivity index (χ2v) is 7.00. The van der Waals surface area contributed by atoms with E-state index in [0.717, 1.165) is 31.7 Å². The van der Waals surface area contributed by atoms with E-state index < -0.39 is 0 Å². The summed E-state index contributed by atoms with van der Waals surface area (Å²) in [5.74, 6) is 0.0746. The predicted molar refractivity (Wildman–Crippen MR) is 110 cm³/mol. The van der Waals surface area contributed by atoms with E-state index in [4.69, 9.17) is 0 Å². The van der Waals surface area contributed by atoms with Gasteiger partial charge in [-0.1, -0.05) is 0 Å². The van der Waals surface area contributed by atoms with Crippen molar-refractivity contribution in [3.63, 3.8) is 0 Å². The molecule has 9 heteroatoms. The van der Waals surface area contributed by atoms with Gasteiger partial charge in [-0.3, -0.25) is 9.59 Å². The second-order valence-electron chi connectivity index (χ2n) is 7.00. The zero-order valence-electron chi connectivity index (χ0n) is 16.3. The number of anilines is 1. The van der Waals surface area contributed by atoms with E-state index in [1.807, 2.05) is 0 Å². The summed E-state index contributed by atoms with van der Waals surface area (Å²) in [6.45, 7) is 2.26. The van der Waals surface area contributed by atoms with Gasteiger partial charge in [0.05, 0.1) is 12.2 Å². The van der Waals surface area contributed by atoms with E-state index in [1.54, 1.807) is 24.3 Å². The molecular weight excluding hydrogens is 387 g/mol. The maximum Gasteiger partial charge on any atom is 0.270 e. The molecular formula is C21H21FN6O2. The number of carbonyl (C=O) groups is 1. The number of hydrogen-bond donors (Lipinski definition) is 1. The van der Waals surface area contributed by atoms with Gasteiger partial charge in [-0.05, 0) is 43.2 Å². The first kappa shape index (κ1) is 19.7. The zero-order chi connectivity index (χ0) is 20.9. The van der Waals surface area contributed by atoms with Gasteiger partial charge in [-0.2, -0.15) is 5.10 Å². The summed E-state index contributed by atoms with van der Waals surface area (Å²) in [6.07, 6.45) is 3.62. The molecule has 0 saturated carbocycles. The number of amides is 1. The molecule has 30 heavy (non-hydrogen) atoms. The van der Waals surface area contributed by atoms with E-state index in [2.05, 4.69) is 25.3 Å². The summed E-state index contributed by atoms with van der Waals surface area (Å²) in [5.41, 5.74) is 1.25. The van der Waals surface area contributed by atoms with Crippen molar-refractivity contribution in [3.05, 3.63) is 70.7 Å². The van der Waals surface area contributed by atoms with Crippen LogP contribution in [0, 0.1) is 5.82 Å². The third kappa shape index (κ3) is 4.51. The Bertz CT molecular complexity index is 1090. The van der Waals surface area contributed by atoms with Crippen molar-refractivity contribution in [2.45, 2.75) is 19.4 Å². The third-order valence-corrected chi connectivity index (χ3v) is 4.93. The molecule has 1 fully saturated rings. The van der Waals surface area contributed by atoms with Crippen LogP contribution in [0.5, 0.6) is 0 Å². The van der Waals surface area contributed by atoms with Crippen LogP contribution in [0.25, 0.3) is 11.3 Å². The molecule has 2 aromatic heterocycles. The average molecular weight is 408 g/mol. The number of hydrogen-bond acceptors (Lipinski definition) is 6. The van der Waals surface area contributed by atoms with Crippen LogP contribution in [0.4, 0.5) is 10.2 Å². The largest absolute Gasteiger partial charge is 0.357 e. The number of benzene rings is 1. The van der Waals surface area contributed by atoms with E-state index in [9.17, 15) is 14.0 Å². The summed E-state index contributed by atoms with van der Waals surface area (Å²) in [5, 5.41) is 7.07. The standard InChI is InChI=1S/C21H21FN6O2/c22-16-5-3-15(4-6-16)17-7-8-20(29)28(26-17)12-9-23-21(30)18-13-19(25-14-24-18)27-10-1-2-11-27/h3-8,13-14H,1-2,9-12H2,(H,23,30). The lowest BCUT2D eigenvalue weighted by Crippen LogP contribution is -2.32. The highest BCUT2D eigenvalue weighted by atomic mass is 19.1. The predicted octanol–water partition coefficient (Wildman–Crippen LogP) is 1.87. The quantitative estimate of drug-likeness (QED) is 0.669. The van der Waals surface area contributed by atoms with Crippen LogP contribution in [0.3, 0.4) is 0 Å². The first-order valence-corrected chi connectivity index (χ1v) is 9.79. The maximum absolute atomic E-state index is 13.1. The molecule has 3 aromatic rings. The van der Waals surface area contributed by atoms with Gasteiger partial charge >= 0.3 is 0 Å². The van der Waals surface area contributed by atoms with Gasteiger partial charge in [-0.25, -0.2) is 19.0 Å². The molecule has 1 N–H and O–H groups in total. The minimum absolute atomic E-state index is 0.198. The Morgan fingerprint density at radius 2 is 1.83 bits per heavy atom. The fourth-order valence-corrected chi connectivity index (χ4v) is 3.34. The number of halogens is 1. The summed E-state index contributed by atoms with van der Waals surface area (Å²) < 4.78 is 14.4. The van der Waals surface area contributed by atoms with Gasteiger partial charge in [0.15, 0.2) is 0 Å². The molecule has 1 amide bonds. The maximum atomic E-state index is 13.1. The normalized spacial score (nSPS) is 13.4. The van der Waals surface area contributed by atoms with E-state index in [1.165, 1.54) is 29.2 Å². The highest BCUT2D eigenvalue weighted by Gasteiger charge is 2.16. The molecule has 0 spiro atoms. The molecule has 1 aliphatic heterocycles. The van der Waals surface area contributed by atoms with Crippen molar-refractivity contribution in [1.82, 2.24) is 25.1 Å². The van der Waals surface area contributed by atoms with Crippen molar-refractivity contribution >= 4 is 11.7 Å².